The zero-order valence-corrected chi connectivity index (χ0v) is 12.8. The van der Waals surface area contributed by atoms with Gasteiger partial charge in [-0.05, 0) is 31.9 Å². The molecule has 3 nitrogen and oxygen atoms in total. The molecule has 1 N–H and O–H groups in total. The predicted octanol–water partition coefficient (Wildman–Crippen LogP) is 2.95. The van der Waals surface area contributed by atoms with E-state index < -0.39 is 0 Å². The molecule has 1 aromatic carbocycles. The summed E-state index contributed by atoms with van der Waals surface area (Å²) in [6.45, 7) is 5.13. The highest BCUT2D eigenvalue weighted by Crippen LogP contribution is 2.19. The zero-order chi connectivity index (χ0) is 15.1. The molecule has 1 fully saturated rings. The van der Waals surface area contributed by atoms with Gasteiger partial charge in [0.05, 0.1) is 5.92 Å². The van der Waals surface area contributed by atoms with E-state index in [0.717, 1.165) is 45.3 Å². The third kappa shape index (κ3) is 4.81. The number of benzene rings is 1. The van der Waals surface area contributed by atoms with Crippen molar-refractivity contribution in [2.45, 2.75) is 39.2 Å². The van der Waals surface area contributed by atoms with Crippen LogP contribution in [0.3, 0.4) is 0 Å². The Hall–Kier alpha value is -1.42. The molecule has 1 aliphatic rings. The van der Waals surface area contributed by atoms with Gasteiger partial charge in [-0.3, -0.25) is 9.69 Å². The maximum absolute atomic E-state index is 13.7. The fraction of sp³-hybridized carbons (Fsp3) is 0.588. The van der Waals surface area contributed by atoms with Gasteiger partial charge in [-0.1, -0.05) is 31.5 Å². The molecule has 116 valence electrons. The Bertz CT molecular complexity index is 464. The molecule has 1 heterocycles. The Morgan fingerprint density at radius 1 is 1.43 bits per heavy atom. The molecule has 0 aromatic heterocycles. The molecule has 1 amide bonds. The second kappa shape index (κ2) is 8.13. The Labute approximate surface area is 126 Å². The number of carbonyl (C=O) groups excluding carboxylic acids is 1. The summed E-state index contributed by atoms with van der Waals surface area (Å²) < 4.78 is 13.7. The number of hydrogen-bond acceptors (Lipinski definition) is 2. The third-order valence-electron chi connectivity index (χ3n) is 4.06. The van der Waals surface area contributed by atoms with Crippen LogP contribution in [0, 0.1) is 11.7 Å². The second-order valence-corrected chi connectivity index (χ2v) is 5.81. The van der Waals surface area contributed by atoms with E-state index in [9.17, 15) is 9.18 Å². The number of rotatable bonds is 6. The van der Waals surface area contributed by atoms with Gasteiger partial charge in [-0.2, -0.15) is 0 Å². The van der Waals surface area contributed by atoms with Gasteiger partial charge in [0, 0.05) is 25.2 Å². The van der Waals surface area contributed by atoms with Crippen LogP contribution in [-0.4, -0.2) is 30.4 Å². The van der Waals surface area contributed by atoms with Gasteiger partial charge in [0.2, 0.25) is 5.91 Å². The Balaban J connectivity index is 1.86. The number of halogens is 1. The van der Waals surface area contributed by atoms with Crippen LogP contribution in [0.4, 0.5) is 4.39 Å². The fourth-order valence-corrected chi connectivity index (χ4v) is 2.81. The van der Waals surface area contributed by atoms with Crippen molar-refractivity contribution in [1.29, 1.82) is 0 Å². The lowest BCUT2D eigenvalue weighted by Gasteiger charge is -2.32. The molecule has 0 radical (unpaired) electrons. The number of unbranched alkanes of at least 4 members (excludes halogenated alkanes) is 1. The molecule has 1 aliphatic heterocycles. The first-order valence-electron chi connectivity index (χ1n) is 7.94. The number of likely N-dealkylation sites (tertiary alicyclic amines) is 1. The lowest BCUT2D eigenvalue weighted by atomic mass is 9.96. The molecule has 4 heteroatoms. The van der Waals surface area contributed by atoms with Crippen LogP contribution < -0.4 is 5.32 Å². The topological polar surface area (TPSA) is 32.3 Å². The Morgan fingerprint density at radius 2 is 2.24 bits per heavy atom. The first-order valence-corrected chi connectivity index (χ1v) is 7.94. The maximum atomic E-state index is 13.7. The van der Waals surface area contributed by atoms with Crippen molar-refractivity contribution in [3.8, 4) is 0 Å². The lowest BCUT2D eigenvalue weighted by molar-refractivity contribution is -0.126. The van der Waals surface area contributed by atoms with E-state index in [1.807, 2.05) is 12.1 Å². The molecule has 21 heavy (non-hydrogen) atoms. The minimum Gasteiger partial charge on any atom is -0.356 e. The van der Waals surface area contributed by atoms with Crippen molar-refractivity contribution in [2.24, 2.45) is 5.92 Å². The van der Waals surface area contributed by atoms with Crippen LogP contribution in [0.2, 0.25) is 0 Å². The molecule has 0 aliphatic carbocycles. The van der Waals surface area contributed by atoms with Gasteiger partial charge >= 0.3 is 0 Å². The molecule has 1 saturated heterocycles. The van der Waals surface area contributed by atoms with E-state index in [-0.39, 0.29) is 17.6 Å². The molecule has 0 saturated carbocycles. The van der Waals surface area contributed by atoms with Crippen LogP contribution in [-0.2, 0) is 11.3 Å². The standard InChI is InChI=1S/C17H25FN2O/c1-2-3-10-19-17(21)15-8-6-11-20(13-15)12-14-7-4-5-9-16(14)18/h4-5,7,9,15H,2-3,6,8,10-13H2,1H3,(H,19,21). The van der Waals surface area contributed by atoms with Crippen LogP contribution in [0.5, 0.6) is 0 Å². The van der Waals surface area contributed by atoms with E-state index in [0.29, 0.717) is 12.1 Å². The first-order chi connectivity index (χ1) is 10.2. The van der Waals surface area contributed by atoms with Crippen LogP contribution in [0.1, 0.15) is 38.2 Å². The fourth-order valence-electron chi connectivity index (χ4n) is 2.81. The molecule has 1 aromatic rings. The van der Waals surface area contributed by atoms with Crippen LogP contribution in [0.15, 0.2) is 24.3 Å². The first kappa shape index (κ1) is 16.0. The summed E-state index contributed by atoms with van der Waals surface area (Å²) in [6, 6.07) is 6.88. The summed E-state index contributed by atoms with van der Waals surface area (Å²) in [5.74, 6) is 0.0380. The number of piperidine rings is 1. The van der Waals surface area contributed by atoms with Crippen molar-refractivity contribution in [2.75, 3.05) is 19.6 Å². The van der Waals surface area contributed by atoms with E-state index in [1.54, 1.807) is 6.07 Å². The number of amides is 1. The summed E-state index contributed by atoms with van der Waals surface area (Å²) in [7, 11) is 0. The van der Waals surface area contributed by atoms with Crippen LogP contribution >= 0.6 is 0 Å². The van der Waals surface area contributed by atoms with Gasteiger partial charge in [0.25, 0.3) is 0 Å². The summed E-state index contributed by atoms with van der Waals surface area (Å²) in [5.41, 5.74) is 0.713. The van der Waals surface area contributed by atoms with E-state index in [1.165, 1.54) is 6.07 Å². The van der Waals surface area contributed by atoms with Crippen molar-refractivity contribution < 1.29 is 9.18 Å². The number of carbonyl (C=O) groups is 1. The van der Waals surface area contributed by atoms with Gasteiger partial charge in [-0.25, -0.2) is 4.39 Å². The van der Waals surface area contributed by atoms with Crippen LogP contribution in [0.25, 0.3) is 0 Å². The second-order valence-electron chi connectivity index (χ2n) is 5.81. The smallest absolute Gasteiger partial charge is 0.224 e. The molecule has 1 unspecified atom stereocenters. The van der Waals surface area contributed by atoms with E-state index in [4.69, 9.17) is 0 Å². The van der Waals surface area contributed by atoms with Crippen molar-refractivity contribution in [3.63, 3.8) is 0 Å². The molecular weight excluding hydrogens is 267 g/mol. The van der Waals surface area contributed by atoms with Gasteiger partial charge < -0.3 is 5.32 Å². The summed E-state index contributed by atoms with van der Waals surface area (Å²) in [5, 5.41) is 3.01. The predicted molar refractivity (Wildman–Crippen MR) is 82.3 cm³/mol. The molecule has 0 bridgehead atoms. The zero-order valence-electron chi connectivity index (χ0n) is 12.8. The average molecular weight is 292 g/mol. The highest BCUT2D eigenvalue weighted by molar-refractivity contribution is 5.78. The summed E-state index contributed by atoms with van der Waals surface area (Å²) in [4.78, 5) is 14.3. The van der Waals surface area contributed by atoms with Crippen molar-refractivity contribution in [1.82, 2.24) is 10.2 Å². The van der Waals surface area contributed by atoms with E-state index >= 15 is 0 Å². The Morgan fingerprint density at radius 3 is 3.00 bits per heavy atom. The highest BCUT2D eigenvalue weighted by Gasteiger charge is 2.25. The number of nitrogens with one attached hydrogen (secondary N) is 1. The van der Waals surface area contributed by atoms with Crippen molar-refractivity contribution in [3.05, 3.63) is 35.6 Å². The maximum Gasteiger partial charge on any atom is 0.224 e. The largest absolute Gasteiger partial charge is 0.356 e. The molecule has 0 spiro atoms. The van der Waals surface area contributed by atoms with Gasteiger partial charge in [-0.15, -0.1) is 0 Å². The minimum atomic E-state index is -0.160. The van der Waals surface area contributed by atoms with E-state index in [2.05, 4.69) is 17.1 Å². The molecular formula is C17H25FN2O. The average Bonchev–Trinajstić information content (AvgIpc) is 2.50. The monoisotopic (exact) mass is 292 g/mol. The molecule has 1 atom stereocenters. The quantitative estimate of drug-likeness (QED) is 0.818. The summed E-state index contributed by atoms with van der Waals surface area (Å²) >= 11 is 0. The number of nitrogens with zero attached hydrogens (tertiary/aromatic N) is 1. The normalized spacial score (nSPS) is 19.4. The van der Waals surface area contributed by atoms with Gasteiger partial charge in [0.1, 0.15) is 5.82 Å². The van der Waals surface area contributed by atoms with Crippen molar-refractivity contribution >= 4 is 5.91 Å². The highest BCUT2D eigenvalue weighted by atomic mass is 19.1. The van der Waals surface area contributed by atoms with Gasteiger partial charge in [0.15, 0.2) is 0 Å². The molecule has 2 rings (SSSR count). The third-order valence-corrected chi connectivity index (χ3v) is 4.06. The summed E-state index contributed by atoms with van der Waals surface area (Å²) in [6.07, 6.45) is 4.05. The minimum absolute atomic E-state index is 0.0439. The Kier molecular flexibility index (Phi) is 6.18. The SMILES string of the molecule is CCCCNC(=O)C1CCCN(Cc2ccccc2F)C1. The lowest BCUT2D eigenvalue weighted by Crippen LogP contribution is -2.43. The number of hydrogen-bond donors (Lipinski definition) is 1.